The molecule has 0 bridgehead atoms. The van der Waals surface area contributed by atoms with Gasteiger partial charge in [0.05, 0.1) is 33.3 Å². The van der Waals surface area contributed by atoms with Gasteiger partial charge in [-0.1, -0.05) is 18.2 Å². The summed E-state index contributed by atoms with van der Waals surface area (Å²) in [4.78, 5) is 33.9. The second kappa shape index (κ2) is 9.88. The Labute approximate surface area is 209 Å². The summed E-state index contributed by atoms with van der Waals surface area (Å²) in [5, 5.41) is 3.94. The molecule has 10 nitrogen and oxygen atoms in total. The first-order valence-electron chi connectivity index (χ1n) is 11.9. The third kappa shape index (κ3) is 4.12. The van der Waals surface area contributed by atoms with Crippen LogP contribution in [0.1, 0.15) is 35.9 Å². The van der Waals surface area contributed by atoms with E-state index in [0.29, 0.717) is 37.4 Å². The molecule has 2 aliphatic rings. The predicted molar refractivity (Wildman–Crippen MR) is 130 cm³/mol. The number of piperidine rings is 1. The van der Waals surface area contributed by atoms with Gasteiger partial charge in [-0.3, -0.25) is 4.79 Å². The summed E-state index contributed by atoms with van der Waals surface area (Å²) in [7, 11) is 4.83. The summed E-state index contributed by atoms with van der Waals surface area (Å²) >= 11 is 0. The molecule has 1 aromatic heterocycles. The molecule has 2 atom stereocenters. The Bertz CT molecular complexity index is 1220. The molecule has 3 heterocycles. The minimum atomic E-state index is -0.316. The van der Waals surface area contributed by atoms with E-state index in [4.69, 9.17) is 14.2 Å². The molecule has 2 aliphatic heterocycles. The van der Waals surface area contributed by atoms with Crippen molar-refractivity contribution in [1.82, 2.24) is 24.6 Å². The number of carbonyl (C=O) groups excluding carboxylic acids is 2. The molecule has 0 radical (unpaired) electrons. The molecule has 2 fully saturated rings. The third-order valence-corrected chi connectivity index (χ3v) is 7.10. The van der Waals surface area contributed by atoms with E-state index in [0.717, 1.165) is 16.9 Å². The highest BCUT2D eigenvalue weighted by molar-refractivity contribution is 5.92. The maximum atomic E-state index is 13.6. The van der Waals surface area contributed by atoms with E-state index in [-0.39, 0.29) is 29.9 Å². The van der Waals surface area contributed by atoms with Crippen LogP contribution in [0.3, 0.4) is 0 Å². The van der Waals surface area contributed by atoms with Gasteiger partial charge >= 0.3 is 6.03 Å². The maximum Gasteiger partial charge on any atom is 0.346 e. The van der Waals surface area contributed by atoms with Crippen LogP contribution in [0.25, 0.3) is 0 Å². The minimum absolute atomic E-state index is 0.0184. The standard InChI is InChI=1S/C26H29N5O5/c1-34-20-7-4-17(5-8-20)23-24(18-6-9-21(35-2)22(14-18)36-3)31(25(23)32)19-10-12-29(13-11-19)26(33)30-16-27-15-28-30/h4-9,14-16,19,23-24H,10-13H2,1-3H3/t23-,24-/m1/s1. The number of likely N-dealkylation sites (tertiary alicyclic amines) is 2. The van der Waals surface area contributed by atoms with Crippen LogP contribution in [0.5, 0.6) is 17.2 Å². The molecular weight excluding hydrogens is 462 g/mol. The van der Waals surface area contributed by atoms with Crippen molar-refractivity contribution in [3.8, 4) is 17.2 Å². The highest BCUT2D eigenvalue weighted by Gasteiger charge is 2.52. The first kappa shape index (κ1) is 23.7. The molecule has 0 spiro atoms. The molecule has 2 saturated heterocycles. The summed E-state index contributed by atoms with van der Waals surface area (Å²) < 4.78 is 17.5. The van der Waals surface area contributed by atoms with Gasteiger partial charge in [-0.2, -0.15) is 9.78 Å². The van der Waals surface area contributed by atoms with Gasteiger partial charge in [0.2, 0.25) is 5.91 Å². The van der Waals surface area contributed by atoms with Crippen LogP contribution in [-0.2, 0) is 4.79 Å². The van der Waals surface area contributed by atoms with E-state index in [9.17, 15) is 9.59 Å². The Hall–Kier alpha value is -4.08. The van der Waals surface area contributed by atoms with Crippen LogP contribution in [0.2, 0.25) is 0 Å². The van der Waals surface area contributed by atoms with Crippen molar-refractivity contribution >= 4 is 11.9 Å². The lowest BCUT2D eigenvalue weighted by atomic mass is 9.75. The van der Waals surface area contributed by atoms with Crippen LogP contribution in [0.4, 0.5) is 4.79 Å². The largest absolute Gasteiger partial charge is 0.497 e. The zero-order chi connectivity index (χ0) is 25.2. The minimum Gasteiger partial charge on any atom is -0.497 e. The van der Waals surface area contributed by atoms with E-state index in [1.165, 1.54) is 17.3 Å². The lowest BCUT2D eigenvalue weighted by Crippen LogP contribution is -2.60. The number of amides is 2. The Morgan fingerprint density at radius 2 is 1.61 bits per heavy atom. The van der Waals surface area contributed by atoms with Crippen molar-refractivity contribution < 1.29 is 23.8 Å². The molecule has 5 rings (SSSR count). The summed E-state index contributed by atoms with van der Waals surface area (Å²) in [5.74, 6) is 1.77. The number of rotatable bonds is 6. The Balaban J connectivity index is 1.41. The average Bonchev–Trinajstić information content (AvgIpc) is 3.47. The number of aromatic nitrogens is 3. The topological polar surface area (TPSA) is 99.0 Å². The van der Waals surface area contributed by atoms with Gasteiger partial charge in [-0.05, 0) is 48.2 Å². The normalized spacial score (nSPS) is 20.1. The fourth-order valence-electron chi connectivity index (χ4n) is 5.23. The van der Waals surface area contributed by atoms with Crippen molar-refractivity contribution in [2.24, 2.45) is 0 Å². The average molecular weight is 492 g/mol. The number of methoxy groups -OCH3 is 3. The third-order valence-electron chi connectivity index (χ3n) is 7.10. The molecule has 10 heteroatoms. The molecular formula is C26H29N5O5. The van der Waals surface area contributed by atoms with Gasteiger partial charge in [0.25, 0.3) is 0 Å². The molecule has 0 unspecified atom stereocenters. The number of β-lactam (4-membered cyclic amide) rings is 1. The fraction of sp³-hybridized carbons (Fsp3) is 0.385. The Kier molecular flexibility index (Phi) is 6.49. The van der Waals surface area contributed by atoms with Gasteiger partial charge in [0, 0.05) is 19.1 Å². The van der Waals surface area contributed by atoms with Crippen molar-refractivity contribution in [2.75, 3.05) is 34.4 Å². The zero-order valence-corrected chi connectivity index (χ0v) is 20.5. The molecule has 0 saturated carbocycles. The van der Waals surface area contributed by atoms with Crippen molar-refractivity contribution in [1.29, 1.82) is 0 Å². The molecule has 188 valence electrons. The van der Waals surface area contributed by atoms with Gasteiger partial charge < -0.3 is 24.0 Å². The van der Waals surface area contributed by atoms with Crippen LogP contribution in [0.15, 0.2) is 55.1 Å². The molecule has 3 aromatic rings. The predicted octanol–water partition coefficient (Wildman–Crippen LogP) is 3.10. The van der Waals surface area contributed by atoms with Gasteiger partial charge in [0.1, 0.15) is 18.4 Å². The molecule has 0 aliphatic carbocycles. The van der Waals surface area contributed by atoms with Gasteiger partial charge in [-0.25, -0.2) is 9.78 Å². The zero-order valence-electron chi connectivity index (χ0n) is 20.5. The Morgan fingerprint density at radius 3 is 2.22 bits per heavy atom. The second-order valence-electron chi connectivity index (χ2n) is 8.90. The number of hydrogen-bond donors (Lipinski definition) is 0. The van der Waals surface area contributed by atoms with Crippen molar-refractivity contribution in [3.63, 3.8) is 0 Å². The van der Waals surface area contributed by atoms with E-state index >= 15 is 0 Å². The second-order valence-corrected chi connectivity index (χ2v) is 8.90. The first-order chi connectivity index (χ1) is 17.5. The number of benzene rings is 2. The summed E-state index contributed by atoms with van der Waals surface area (Å²) in [6.07, 6.45) is 4.12. The maximum absolute atomic E-state index is 13.6. The molecule has 2 aromatic carbocycles. The monoisotopic (exact) mass is 491 g/mol. The number of carbonyl (C=O) groups is 2. The van der Waals surface area contributed by atoms with Crippen molar-refractivity contribution in [3.05, 3.63) is 66.2 Å². The lowest BCUT2D eigenvalue weighted by molar-refractivity contribution is -0.156. The smallest absolute Gasteiger partial charge is 0.346 e. The quantitative estimate of drug-likeness (QED) is 0.489. The van der Waals surface area contributed by atoms with Gasteiger partial charge in [-0.15, -0.1) is 0 Å². The summed E-state index contributed by atoms with van der Waals surface area (Å²) in [6, 6.07) is 13.1. The SMILES string of the molecule is COc1ccc([C@H]2C(=O)N(C3CCN(C(=O)n4cncn4)CC3)[C@@H]2c2ccc(OC)c(OC)c2)cc1. The lowest BCUT2D eigenvalue weighted by Gasteiger charge is -2.53. The highest BCUT2D eigenvalue weighted by atomic mass is 16.5. The van der Waals surface area contributed by atoms with E-state index in [1.54, 1.807) is 26.2 Å². The van der Waals surface area contributed by atoms with Crippen LogP contribution < -0.4 is 14.2 Å². The molecule has 36 heavy (non-hydrogen) atoms. The van der Waals surface area contributed by atoms with Crippen molar-refractivity contribution in [2.45, 2.75) is 30.8 Å². The highest BCUT2D eigenvalue weighted by Crippen LogP contribution is 2.50. The Morgan fingerprint density at radius 1 is 0.917 bits per heavy atom. The number of hydrogen-bond acceptors (Lipinski definition) is 7. The fourth-order valence-corrected chi connectivity index (χ4v) is 5.23. The summed E-state index contributed by atoms with van der Waals surface area (Å²) in [5.41, 5.74) is 1.92. The van der Waals surface area contributed by atoms with E-state index < -0.39 is 0 Å². The van der Waals surface area contributed by atoms with Crippen LogP contribution in [-0.4, -0.2) is 77.0 Å². The molecule has 0 N–H and O–H groups in total. The van der Waals surface area contributed by atoms with Crippen LogP contribution in [0, 0.1) is 0 Å². The number of ether oxygens (including phenoxy) is 3. The number of nitrogens with zero attached hydrogens (tertiary/aromatic N) is 5. The van der Waals surface area contributed by atoms with E-state index in [2.05, 4.69) is 10.1 Å². The first-order valence-corrected chi connectivity index (χ1v) is 11.9. The summed E-state index contributed by atoms with van der Waals surface area (Å²) in [6.45, 7) is 1.08. The van der Waals surface area contributed by atoms with Gasteiger partial charge in [0.15, 0.2) is 11.5 Å². The molecule has 2 amide bonds. The van der Waals surface area contributed by atoms with E-state index in [1.807, 2.05) is 47.4 Å². The van der Waals surface area contributed by atoms with Crippen LogP contribution >= 0.6 is 0 Å².